The topological polar surface area (TPSA) is 58.3 Å². The standard InChI is InChI=1S/C18H22N6S2.C6H4ClF/c1-23-7-5-15(21-23)14-10-20-17(18-19-6-8-25-18)24-11-12(9-16(14)24)22-26-13-3-2-4-13;7-5-2-1-3-6(8)4-5/h5-8,12-13,22H,2-4,9-11H2,1H3;1-4H. The van der Waals surface area contributed by atoms with Crippen LogP contribution in [0.1, 0.15) is 36.4 Å². The van der Waals surface area contributed by atoms with Crippen molar-refractivity contribution in [3.05, 3.63) is 75.3 Å². The molecular formula is C24H26ClFN6S2. The van der Waals surface area contributed by atoms with Crippen LogP contribution in [0.3, 0.4) is 0 Å². The highest BCUT2D eigenvalue weighted by Crippen LogP contribution is 2.36. The van der Waals surface area contributed by atoms with Crippen LogP contribution in [-0.4, -0.2) is 49.9 Å². The van der Waals surface area contributed by atoms with Crippen molar-refractivity contribution in [1.29, 1.82) is 0 Å². The number of aromatic nitrogens is 3. The number of amidine groups is 1. The van der Waals surface area contributed by atoms with Crippen LogP contribution >= 0.6 is 34.9 Å². The first-order valence-corrected chi connectivity index (χ1v) is 13.5. The van der Waals surface area contributed by atoms with Crippen LogP contribution in [0, 0.1) is 5.82 Å². The van der Waals surface area contributed by atoms with Gasteiger partial charge in [0.25, 0.3) is 0 Å². The van der Waals surface area contributed by atoms with Crippen LogP contribution in [0.15, 0.2) is 58.8 Å². The molecule has 0 bridgehead atoms. The normalized spacial score (nSPS) is 19.9. The van der Waals surface area contributed by atoms with Gasteiger partial charge in [-0.15, -0.1) is 11.3 Å². The first kappa shape index (κ1) is 23.5. The highest BCUT2D eigenvalue weighted by atomic mass is 35.5. The number of thiazole rings is 1. The molecule has 1 atom stereocenters. The van der Waals surface area contributed by atoms with Crippen molar-refractivity contribution >= 4 is 46.3 Å². The molecule has 0 amide bonds. The van der Waals surface area contributed by atoms with E-state index >= 15 is 0 Å². The Balaban J connectivity index is 0.000000257. The molecule has 4 heterocycles. The van der Waals surface area contributed by atoms with Gasteiger partial charge in [-0.05, 0) is 37.1 Å². The molecule has 3 aliphatic rings. The fourth-order valence-electron chi connectivity index (χ4n) is 4.11. The molecule has 2 aliphatic heterocycles. The molecule has 2 aromatic heterocycles. The van der Waals surface area contributed by atoms with Gasteiger partial charge < -0.3 is 4.90 Å². The van der Waals surface area contributed by atoms with E-state index in [1.54, 1.807) is 23.5 Å². The molecule has 1 aromatic carbocycles. The average Bonchev–Trinajstić information content (AvgIpc) is 3.53. The third-order valence-electron chi connectivity index (χ3n) is 6.05. The van der Waals surface area contributed by atoms with Gasteiger partial charge >= 0.3 is 0 Å². The van der Waals surface area contributed by atoms with Crippen molar-refractivity contribution in [3.8, 4) is 0 Å². The number of aliphatic imine (C=N–C) groups is 1. The second-order valence-corrected chi connectivity index (χ2v) is 11.0. The van der Waals surface area contributed by atoms with Crippen LogP contribution in [-0.2, 0) is 7.05 Å². The summed E-state index contributed by atoms with van der Waals surface area (Å²) in [5.74, 6) is 0.727. The highest BCUT2D eigenvalue weighted by molar-refractivity contribution is 7.98. The van der Waals surface area contributed by atoms with E-state index in [1.807, 2.05) is 41.5 Å². The van der Waals surface area contributed by atoms with Gasteiger partial charge in [0.15, 0.2) is 10.8 Å². The van der Waals surface area contributed by atoms with E-state index in [4.69, 9.17) is 16.6 Å². The minimum atomic E-state index is -0.294. The van der Waals surface area contributed by atoms with Gasteiger partial charge in [-0.1, -0.05) is 36.0 Å². The summed E-state index contributed by atoms with van der Waals surface area (Å²) in [7, 11) is 1.97. The maximum atomic E-state index is 12.1. The van der Waals surface area contributed by atoms with Crippen molar-refractivity contribution in [2.75, 3.05) is 13.1 Å². The van der Waals surface area contributed by atoms with Crippen LogP contribution in [0.4, 0.5) is 4.39 Å². The maximum absolute atomic E-state index is 12.1. The zero-order valence-corrected chi connectivity index (χ0v) is 21.2. The van der Waals surface area contributed by atoms with Gasteiger partial charge in [-0.25, -0.2) is 9.37 Å². The molecular weight excluding hydrogens is 491 g/mol. The van der Waals surface area contributed by atoms with E-state index in [1.165, 1.54) is 42.7 Å². The van der Waals surface area contributed by atoms with Gasteiger partial charge in [0.1, 0.15) is 5.82 Å². The number of rotatable bonds is 5. The lowest BCUT2D eigenvalue weighted by Crippen LogP contribution is -2.35. The summed E-state index contributed by atoms with van der Waals surface area (Å²) in [5.41, 5.74) is 3.65. The molecule has 3 aromatic rings. The van der Waals surface area contributed by atoms with Crippen LogP contribution in [0.25, 0.3) is 5.57 Å². The minimum Gasteiger partial charge on any atom is -0.326 e. The molecule has 6 nitrogen and oxygen atoms in total. The van der Waals surface area contributed by atoms with Gasteiger partial charge in [-0.2, -0.15) is 5.10 Å². The Labute approximate surface area is 212 Å². The predicted octanol–water partition coefficient (Wildman–Crippen LogP) is 5.39. The number of hydrogen-bond donors (Lipinski definition) is 1. The summed E-state index contributed by atoms with van der Waals surface area (Å²) >= 11 is 9.00. The minimum absolute atomic E-state index is 0.294. The lowest BCUT2D eigenvalue weighted by Gasteiger charge is -2.27. The first-order chi connectivity index (χ1) is 16.6. The van der Waals surface area contributed by atoms with E-state index in [-0.39, 0.29) is 5.82 Å². The third kappa shape index (κ3) is 5.38. The van der Waals surface area contributed by atoms with Crippen molar-refractivity contribution in [2.45, 2.75) is 37.0 Å². The fraction of sp³-hybridized carbons (Fsp3) is 0.375. The largest absolute Gasteiger partial charge is 0.326 e. The van der Waals surface area contributed by atoms with Gasteiger partial charge in [0.05, 0.1) is 12.2 Å². The van der Waals surface area contributed by atoms with Crippen LogP contribution in [0.5, 0.6) is 0 Å². The van der Waals surface area contributed by atoms with E-state index in [2.05, 4.69) is 25.8 Å². The third-order valence-corrected chi connectivity index (χ3v) is 8.32. The number of aryl methyl sites for hydroxylation is 1. The van der Waals surface area contributed by atoms with Crippen molar-refractivity contribution in [2.24, 2.45) is 12.0 Å². The molecule has 1 saturated carbocycles. The number of fused-ring (bicyclic) bond motifs is 1. The second-order valence-electron chi connectivity index (χ2n) is 8.52. The molecule has 1 aliphatic carbocycles. The lowest BCUT2D eigenvalue weighted by molar-refractivity contribution is 0.512. The van der Waals surface area contributed by atoms with Gasteiger partial charge in [0.2, 0.25) is 0 Å². The van der Waals surface area contributed by atoms with E-state index in [0.717, 1.165) is 34.8 Å². The van der Waals surface area contributed by atoms with Gasteiger partial charge in [0, 0.05) is 65.4 Å². The number of benzene rings is 1. The van der Waals surface area contributed by atoms with Crippen molar-refractivity contribution in [3.63, 3.8) is 0 Å². The first-order valence-electron chi connectivity index (χ1n) is 11.3. The monoisotopic (exact) mass is 516 g/mol. The lowest BCUT2D eigenvalue weighted by atomic mass is 10.0. The summed E-state index contributed by atoms with van der Waals surface area (Å²) < 4.78 is 17.7. The Hall–Kier alpha value is -2.20. The fourth-order valence-corrected chi connectivity index (χ4v) is 6.05. The van der Waals surface area contributed by atoms with Crippen molar-refractivity contribution < 1.29 is 4.39 Å². The van der Waals surface area contributed by atoms with Gasteiger partial charge in [-0.3, -0.25) is 14.4 Å². The van der Waals surface area contributed by atoms with E-state index in [0.29, 0.717) is 17.6 Å². The summed E-state index contributed by atoms with van der Waals surface area (Å²) in [6, 6.07) is 8.35. The number of hydrogen-bond acceptors (Lipinski definition) is 7. The number of nitrogens with zero attached hydrogens (tertiary/aromatic N) is 5. The smallest absolute Gasteiger partial charge is 0.165 e. The molecule has 34 heavy (non-hydrogen) atoms. The molecule has 10 heteroatoms. The zero-order valence-electron chi connectivity index (χ0n) is 18.8. The van der Waals surface area contributed by atoms with Crippen LogP contribution in [0.2, 0.25) is 5.02 Å². The average molecular weight is 517 g/mol. The number of nitrogens with one attached hydrogen (secondary N) is 1. The molecule has 0 spiro atoms. The zero-order chi connectivity index (χ0) is 23.5. The summed E-state index contributed by atoms with van der Waals surface area (Å²) in [5, 5.41) is 8.89. The Morgan fingerprint density at radius 2 is 2.15 bits per heavy atom. The molecule has 1 unspecified atom stereocenters. The highest BCUT2D eigenvalue weighted by Gasteiger charge is 2.36. The Morgan fingerprint density at radius 1 is 1.26 bits per heavy atom. The molecule has 178 valence electrons. The van der Waals surface area contributed by atoms with Crippen LogP contribution < -0.4 is 4.72 Å². The number of halogens is 2. The van der Waals surface area contributed by atoms with Crippen molar-refractivity contribution in [1.82, 2.24) is 24.4 Å². The molecule has 2 fully saturated rings. The van der Waals surface area contributed by atoms with E-state index in [9.17, 15) is 4.39 Å². The predicted molar refractivity (Wildman–Crippen MR) is 139 cm³/mol. The summed E-state index contributed by atoms with van der Waals surface area (Å²) in [4.78, 5) is 11.8. The Morgan fingerprint density at radius 3 is 2.76 bits per heavy atom. The summed E-state index contributed by atoms with van der Waals surface area (Å²) in [6.45, 7) is 1.63. The van der Waals surface area contributed by atoms with E-state index < -0.39 is 0 Å². The molecule has 1 N–H and O–H groups in total. The maximum Gasteiger partial charge on any atom is 0.165 e. The molecule has 0 radical (unpaired) electrons. The second kappa shape index (κ2) is 10.6. The Kier molecular flexibility index (Phi) is 7.34. The SMILES string of the molecule is Cn1ccc(C2=C3CC(NSC4CCC4)CN3C(c3nccs3)=NC2)n1.Fc1cccc(Cl)c1. The molecule has 1 saturated heterocycles. The molecule has 6 rings (SSSR count). The quantitative estimate of drug-likeness (QED) is 0.461. The summed E-state index contributed by atoms with van der Waals surface area (Å²) in [6.07, 6.45) is 8.97. The Bertz CT molecular complexity index is 1170.